The summed E-state index contributed by atoms with van der Waals surface area (Å²) in [6, 6.07) is 3.56. The molecule has 0 aliphatic carbocycles. The molecule has 0 bridgehead atoms. The Hall–Kier alpha value is -1.14. The number of sulfone groups is 1. The molecule has 17 heavy (non-hydrogen) atoms. The molecule has 0 spiro atoms. The van der Waals surface area contributed by atoms with Crippen LogP contribution in [0.15, 0.2) is 23.1 Å². The molecule has 1 aromatic rings. The van der Waals surface area contributed by atoms with Gasteiger partial charge >= 0.3 is 0 Å². The number of fused-ring (bicyclic) bond motifs is 1. The fraction of sp³-hybridized carbons (Fsp3) is 0.455. The number of rotatable bonds is 2. The molecule has 1 aromatic carbocycles. The molecule has 0 radical (unpaired) electrons. The Labute approximate surface area is 99.4 Å². The quantitative estimate of drug-likeness (QED) is 0.836. The highest BCUT2D eigenvalue weighted by Gasteiger charge is 2.39. The van der Waals surface area contributed by atoms with Gasteiger partial charge < -0.3 is 10.4 Å². The van der Waals surface area contributed by atoms with Crippen LogP contribution in [0.25, 0.3) is 0 Å². The monoisotopic (exact) mass is 259 g/mol. The number of hydrogen-bond acceptors (Lipinski definition) is 4. The van der Waals surface area contributed by atoms with Gasteiger partial charge in [0.25, 0.3) is 0 Å². The van der Waals surface area contributed by atoms with Crippen LogP contribution in [-0.2, 0) is 9.84 Å². The summed E-state index contributed by atoms with van der Waals surface area (Å²) in [4.78, 5) is -0.0194. The van der Waals surface area contributed by atoms with Gasteiger partial charge in [-0.2, -0.15) is 0 Å². The van der Waals surface area contributed by atoms with Crippen molar-refractivity contribution in [2.75, 3.05) is 11.9 Å². The summed E-state index contributed by atoms with van der Waals surface area (Å²) in [6.45, 7) is 1.47. The number of hydrogen-bond donors (Lipinski definition) is 2. The van der Waals surface area contributed by atoms with Crippen LogP contribution in [-0.4, -0.2) is 31.4 Å². The van der Waals surface area contributed by atoms with E-state index in [1.54, 1.807) is 6.92 Å². The van der Waals surface area contributed by atoms with Crippen molar-refractivity contribution in [2.24, 2.45) is 0 Å². The number of nitrogens with one attached hydrogen (secondary N) is 1. The summed E-state index contributed by atoms with van der Waals surface area (Å²) in [7, 11) is -3.58. The largest absolute Gasteiger partial charge is 0.396 e. The number of aliphatic hydroxyl groups excluding tert-OH is 1. The Bertz CT molecular complexity index is 530. The van der Waals surface area contributed by atoms with Gasteiger partial charge in [0.2, 0.25) is 0 Å². The fourth-order valence-electron chi connectivity index (χ4n) is 2.17. The van der Waals surface area contributed by atoms with E-state index in [0.29, 0.717) is 0 Å². The van der Waals surface area contributed by atoms with E-state index in [9.17, 15) is 12.8 Å². The number of halogens is 1. The molecule has 2 N–H and O–H groups in total. The lowest BCUT2D eigenvalue weighted by molar-refractivity contribution is 0.282. The summed E-state index contributed by atoms with van der Waals surface area (Å²) in [5, 5.41) is 11.0. The third-order valence-electron chi connectivity index (χ3n) is 3.02. The number of anilines is 1. The maximum Gasteiger partial charge on any atom is 0.185 e. The smallest absolute Gasteiger partial charge is 0.185 e. The van der Waals surface area contributed by atoms with Gasteiger partial charge in [-0.05, 0) is 25.5 Å². The molecule has 2 atom stereocenters. The molecule has 0 aromatic heterocycles. The predicted octanol–water partition coefficient (Wildman–Crippen LogP) is 1.16. The normalized spacial score (nSPS) is 26.1. The molecule has 2 unspecified atom stereocenters. The molecule has 0 saturated carbocycles. The van der Waals surface area contributed by atoms with Crippen LogP contribution in [0.3, 0.4) is 0 Å². The SMILES string of the molecule is CC1Nc2c(F)cccc2S(=O)(=O)C1CCO. The minimum absolute atomic E-state index is 0.0194. The van der Waals surface area contributed by atoms with Crippen molar-refractivity contribution < 1.29 is 17.9 Å². The number of benzene rings is 1. The Morgan fingerprint density at radius 2 is 2.18 bits per heavy atom. The zero-order valence-electron chi connectivity index (χ0n) is 9.35. The van der Waals surface area contributed by atoms with E-state index in [1.165, 1.54) is 18.2 Å². The molecule has 0 fully saturated rings. The lowest BCUT2D eigenvalue weighted by Crippen LogP contribution is -2.42. The van der Waals surface area contributed by atoms with Crippen molar-refractivity contribution in [1.82, 2.24) is 0 Å². The molecule has 1 aliphatic rings. The Balaban J connectivity index is 2.58. The zero-order valence-corrected chi connectivity index (χ0v) is 10.2. The van der Waals surface area contributed by atoms with E-state index in [4.69, 9.17) is 5.11 Å². The van der Waals surface area contributed by atoms with Gasteiger partial charge in [-0.15, -0.1) is 0 Å². The molecular weight excluding hydrogens is 245 g/mol. The van der Waals surface area contributed by atoms with E-state index >= 15 is 0 Å². The highest BCUT2D eigenvalue weighted by atomic mass is 32.2. The van der Waals surface area contributed by atoms with E-state index in [0.717, 1.165) is 0 Å². The molecule has 4 nitrogen and oxygen atoms in total. The van der Waals surface area contributed by atoms with Crippen LogP contribution < -0.4 is 5.32 Å². The molecule has 1 heterocycles. The number of para-hydroxylation sites is 1. The van der Waals surface area contributed by atoms with Crippen LogP contribution >= 0.6 is 0 Å². The van der Waals surface area contributed by atoms with E-state index in [-0.39, 0.29) is 23.6 Å². The second-order valence-electron chi connectivity index (χ2n) is 4.14. The van der Waals surface area contributed by atoms with Crippen LogP contribution in [0.4, 0.5) is 10.1 Å². The van der Waals surface area contributed by atoms with Gasteiger partial charge in [0.1, 0.15) is 5.82 Å². The molecule has 0 amide bonds. The average Bonchev–Trinajstić information content (AvgIpc) is 2.26. The van der Waals surface area contributed by atoms with Crippen LogP contribution in [0.5, 0.6) is 0 Å². The molecule has 2 rings (SSSR count). The number of aliphatic hydroxyl groups is 1. The van der Waals surface area contributed by atoms with E-state index < -0.39 is 26.9 Å². The van der Waals surface area contributed by atoms with Gasteiger partial charge in [0.05, 0.1) is 15.8 Å². The van der Waals surface area contributed by atoms with Crippen LogP contribution in [0, 0.1) is 5.82 Å². The highest BCUT2D eigenvalue weighted by Crippen LogP contribution is 2.35. The van der Waals surface area contributed by atoms with Gasteiger partial charge in [-0.1, -0.05) is 6.07 Å². The van der Waals surface area contributed by atoms with Gasteiger partial charge in [0, 0.05) is 12.6 Å². The Kier molecular flexibility index (Phi) is 3.09. The summed E-state index contributed by atoms with van der Waals surface area (Å²) in [6.07, 6.45) is 0.145. The van der Waals surface area contributed by atoms with Gasteiger partial charge in [-0.25, -0.2) is 12.8 Å². The van der Waals surface area contributed by atoms with Crippen molar-refractivity contribution in [3.8, 4) is 0 Å². The van der Waals surface area contributed by atoms with Crippen LogP contribution in [0.2, 0.25) is 0 Å². The maximum atomic E-state index is 13.5. The summed E-state index contributed by atoms with van der Waals surface area (Å²) in [5.74, 6) is -0.569. The first kappa shape index (κ1) is 12.3. The topological polar surface area (TPSA) is 66.4 Å². The molecular formula is C11H14FNO3S. The second-order valence-corrected chi connectivity index (χ2v) is 6.28. The third-order valence-corrected chi connectivity index (χ3v) is 5.42. The lowest BCUT2D eigenvalue weighted by atomic mass is 10.1. The van der Waals surface area contributed by atoms with Crippen LogP contribution in [0.1, 0.15) is 13.3 Å². The molecule has 94 valence electrons. The van der Waals surface area contributed by atoms with Crippen molar-refractivity contribution in [1.29, 1.82) is 0 Å². The first-order valence-electron chi connectivity index (χ1n) is 5.38. The van der Waals surface area contributed by atoms with E-state index in [1.807, 2.05) is 0 Å². The zero-order chi connectivity index (χ0) is 12.6. The minimum Gasteiger partial charge on any atom is -0.396 e. The first-order chi connectivity index (χ1) is 7.98. The summed E-state index contributed by atoms with van der Waals surface area (Å²) in [5.41, 5.74) is 0.0363. The first-order valence-corrected chi connectivity index (χ1v) is 6.93. The molecule has 6 heteroatoms. The molecule has 0 saturated heterocycles. The third kappa shape index (κ3) is 1.91. The standard InChI is InChI=1S/C11H14FNO3S/c1-7-9(5-6-14)17(15,16)10-4-2-3-8(12)11(10)13-7/h2-4,7,9,13-14H,5-6H2,1H3. The summed E-state index contributed by atoms with van der Waals surface area (Å²) < 4.78 is 38.0. The fourth-order valence-corrected chi connectivity index (χ4v) is 4.22. The van der Waals surface area contributed by atoms with Crippen molar-refractivity contribution >= 4 is 15.5 Å². The van der Waals surface area contributed by atoms with E-state index in [2.05, 4.69) is 5.32 Å². The average molecular weight is 259 g/mol. The second kappa shape index (κ2) is 4.27. The highest BCUT2D eigenvalue weighted by molar-refractivity contribution is 7.92. The van der Waals surface area contributed by atoms with Gasteiger partial charge in [-0.3, -0.25) is 0 Å². The maximum absolute atomic E-state index is 13.5. The van der Waals surface area contributed by atoms with Gasteiger partial charge in [0.15, 0.2) is 9.84 Å². The predicted molar refractivity (Wildman–Crippen MR) is 62.2 cm³/mol. The Morgan fingerprint density at radius 1 is 1.47 bits per heavy atom. The molecule has 1 aliphatic heterocycles. The van der Waals surface area contributed by atoms with Crippen molar-refractivity contribution in [3.63, 3.8) is 0 Å². The van der Waals surface area contributed by atoms with Crippen molar-refractivity contribution in [3.05, 3.63) is 24.0 Å². The van der Waals surface area contributed by atoms with Crippen molar-refractivity contribution in [2.45, 2.75) is 29.5 Å². The minimum atomic E-state index is -3.58. The lowest BCUT2D eigenvalue weighted by Gasteiger charge is -2.32. The summed E-state index contributed by atoms with van der Waals surface area (Å²) >= 11 is 0. The Morgan fingerprint density at radius 3 is 2.82 bits per heavy atom.